The quantitative estimate of drug-likeness (QED) is 0.0236. The largest absolute Gasteiger partial charge is 0.384 e. The predicted octanol–water partition coefficient (Wildman–Crippen LogP) is 3.03. The second-order valence-electron chi connectivity index (χ2n) is 29.5. The number of unbranched alkanes of at least 4 members (excludes halogenated alkanes) is 2. The van der Waals surface area contributed by atoms with Gasteiger partial charge in [0.2, 0.25) is 70.9 Å². The van der Waals surface area contributed by atoms with Crippen LogP contribution in [-0.2, 0) is 91.0 Å². The summed E-state index contributed by atoms with van der Waals surface area (Å²) in [5.74, 6) is -12.6. The Balaban J connectivity index is 3.29. The smallest absolute Gasteiger partial charge is 0.253 e. The van der Waals surface area contributed by atoms with Crippen molar-refractivity contribution in [3.05, 3.63) is 12.2 Å². The van der Waals surface area contributed by atoms with Crippen LogP contribution in [0.5, 0.6) is 0 Å². The number of methoxy groups -OCH3 is 2. The van der Waals surface area contributed by atoms with E-state index in [0.717, 1.165) is 17.1 Å². The van der Waals surface area contributed by atoms with Crippen LogP contribution in [0.4, 0.5) is 0 Å². The molecular formula is C70H117N13O19S8. The Morgan fingerprint density at radius 1 is 0.382 bits per heavy atom. The molecule has 0 bridgehead atoms. The van der Waals surface area contributed by atoms with Crippen LogP contribution >= 0.6 is 86.4 Å². The number of rotatable bonds is 58. The lowest BCUT2D eigenvalue weighted by Gasteiger charge is -2.22. The number of primary amides is 1. The van der Waals surface area contributed by atoms with E-state index in [4.69, 9.17) is 15.2 Å². The molecular weight excluding hydrogens is 1580 g/mol. The van der Waals surface area contributed by atoms with Crippen molar-refractivity contribution in [2.24, 2.45) is 23.5 Å². The van der Waals surface area contributed by atoms with Gasteiger partial charge in [-0.05, 0) is 32.1 Å². The number of nitrogens with one attached hydrogen (secondary N) is 11. The molecule has 0 fully saturated rings. The first-order valence-electron chi connectivity index (χ1n) is 36.1. The maximum Gasteiger partial charge on any atom is 0.253 e. The zero-order valence-corrected chi connectivity index (χ0v) is 72.3. The lowest BCUT2D eigenvalue weighted by Crippen LogP contribution is -2.54. The average molecular weight is 1700 g/mol. The fraction of sp³-hybridized carbons (Fsp3) is 0.729. The number of carbonyl (C=O) groups excluding carboxylic acids is 17. The van der Waals surface area contributed by atoms with Crippen molar-refractivity contribution < 1.29 is 91.0 Å². The summed E-state index contributed by atoms with van der Waals surface area (Å²) in [6.07, 6.45) is 2.24. The number of ether oxygens (including phenoxy) is 2. The summed E-state index contributed by atoms with van der Waals surface area (Å²) in [5, 5.41) is 28.5. The van der Waals surface area contributed by atoms with E-state index in [-0.39, 0.29) is 146 Å². The van der Waals surface area contributed by atoms with Gasteiger partial charge in [0, 0.05) is 132 Å². The number of hydrogen-bond acceptors (Lipinski definition) is 27. The van der Waals surface area contributed by atoms with Gasteiger partial charge in [0.05, 0.1) is 64.3 Å². The van der Waals surface area contributed by atoms with Gasteiger partial charge in [0.1, 0.15) is 18.1 Å². The Labute approximate surface area is 678 Å². The van der Waals surface area contributed by atoms with Crippen molar-refractivity contribution in [2.75, 3.05) is 109 Å². The normalized spacial score (nSPS) is 14.0. The lowest BCUT2D eigenvalue weighted by molar-refractivity contribution is -0.137. The van der Waals surface area contributed by atoms with Crippen LogP contribution in [-0.4, -0.2) is 251 Å². The molecule has 0 radical (unpaired) electrons. The summed E-state index contributed by atoms with van der Waals surface area (Å²) in [4.78, 5) is 223. The van der Waals surface area contributed by atoms with E-state index in [1.807, 2.05) is 83.1 Å². The fourth-order valence-electron chi connectivity index (χ4n) is 9.04. The van der Waals surface area contributed by atoms with Crippen LogP contribution in [0.1, 0.15) is 160 Å². The second-order valence-corrected chi connectivity index (χ2v) is 42.1. The molecule has 0 spiro atoms. The molecule has 0 aromatic rings. The molecule has 0 unspecified atom stereocenters. The number of carbonyl (C=O) groups is 17. The lowest BCUT2D eigenvalue weighted by atomic mass is 9.94. The minimum atomic E-state index is -1.23. The molecule has 1 heterocycles. The van der Waals surface area contributed by atoms with Crippen molar-refractivity contribution in [3.63, 3.8) is 0 Å². The molecule has 0 aliphatic carbocycles. The molecule has 624 valence electrons. The van der Waals surface area contributed by atoms with Crippen LogP contribution in [0.15, 0.2) is 12.2 Å². The molecule has 1 aliphatic heterocycles. The number of nitrogens with two attached hydrogens (primary N) is 1. The van der Waals surface area contributed by atoms with Crippen LogP contribution < -0.4 is 64.2 Å². The number of Topliss-reactive ketones (excluding diaryl/α,β-unsaturated/α-hetero) is 3. The molecule has 0 aromatic heterocycles. The van der Waals surface area contributed by atoms with Crippen molar-refractivity contribution in [1.29, 1.82) is 0 Å². The van der Waals surface area contributed by atoms with E-state index < -0.39 is 175 Å². The highest BCUT2D eigenvalue weighted by Crippen LogP contribution is 2.39. The van der Waals surface area contributed by atoms with Gasteiger partial charge in [-0.2, -0.15) is 0 Å². The number of ketones is 3. The minimum absolute atomic E-state index is 0.0182. The number of imide groups is 1. The third-order valence-corrected chi connectivity index (χ3v) is 28.0. The van der Waals surface area contributed by atoms with Gasteiger partial charge >= 0.3 is 0 Å². The van der Waals surface area contributed by atoms with Crippen LogP contribution in [0.25, 0.3) is 0 Å². The van der Waals surface area contributed by atoms with E-state index in [2.05, 4.69) is 58.5 Å². The summed E-state index contributed by atoms with van der Waals surface area (Å²) in [6, 6.07) is -3.53. The molecule has 1 aliphatic rings. The van der Waals surface area contributed by atoms with E-state index >= 15 is 0 Å². The number of hydrogen-bond donors (Lipinski definition) is 12. The molecule has 0 aromatic carbocycles. The molecule has 40 heteroatoms. The average Bonchev–Trinajstić information content (AvgIpc) is 1.60. The summed E-state index contributed by atoms with van der Waals surface area (Å²) in [7, 11) is 14.1. The highest BCUT2D eigenvalue weighted by Gasteiger charge is 2.32. The second kappa shape index (κ2) is 54.9. The van der Waals surface area contributed by atoms with Crippen LogP contribution in [0.2, 0.25) is 0 Å². The first-order valence-corrected chi connectivity index (χ1v) is 45.3. The third-order valence-electron chi connectivity index (χ3n) is 14.5. The molecule has 14 amide bonds. The van der Waals surface area contributed by atoms with Crippen LogP contribution in [0, 0.1) is 17.8 Å². The molecule has 0 saturated heterocycles. The first-order chi connectivity index (χ1) is 51.4. The van der Waals surface area contributed by atoms with Gasteiger partial charge < -0.3 is 73.7 Å². The summed E-state index contributed by atoms with van der Waals surface area (Å²) < 4.78 is 8.92. The summed E-state index contributed by atoms with van der Waals surface area (Å²) in [6.45, 7) is 21.1. The Kier molecular flexibility index (Phi) is 51.0. The van der Waals surface area contributed by atoms with Gasteiger partial charge in [-0.3, -0.25) is 86.4 Å². The van der Waals surface area contributed by atoms with Crippen molar-refractivity contribution in [2.45, 2.75) is 197 Å². The monoisotopic (exact) mass is 1700 g/mol. The highest BCUT2D eigenvalue weighted by molar-refractivity contribution is 8.78. The SMILES string of the molecule is COCCC(=O)NCC(=O)C[C@@H](CSSC(C)(C)C)C(=O)NCC(=O)C[C@@H](CSSC(C)(C)C)C(=O)NCC(=O)C[C@@H](CCCCNC(=O)CNC(=O)[C@H](CSSC(C)(C)C)NC(=O)CNC(=O)[C@H](CSSC(C)(C)C)NC(=O)CNC(=O)CCOC)C(=O)N[C@@H](CCCCNC(=O)CCN1C(=O)C=CC1=O)C(N)=O. The van der Waals surface area contributed by atoms with Crippen LogP contribution in [0.3, 0.4) is 0 Å². The molecule has 6 atom stereocenters. The number of amides is 14. The molecule has 110 heavy (non-hydrogen) atoms. The minimum Gasteiger partial charge on any atom is -0.384 e. The van der Waals surface area contributed by atoms with Gasteiger partial charge in [-0.15, -0.1) is 0 Å². The summed E-state index contributed by atoms with van der Waals surface area (Å²) >= 11 is 0. The zero-order valence-electron chi connectivity index (χ0n) is 65.8. The van der Waals surface area contributed by atoms with Crippen molar-refractivity contribution in [3.8, 4) is 0 Å². The molecule has 32 nitrogen and oxygen atoms in total. The zero-order chi connectivity index (χ0) is 83.2. The standard InChI is InChI=1S/C70H117N13O19S8/c1-67(2,3)107-103-40-45(32-48(85)34-74-54(88)24-29-101-13)62(96)77-36-49(86)33-46(41-104-108-68(4,5)6)63(97)76-35-47(84)31-44(64(98)82-50(61(71)95)20-16-18-26-72-53(87)23-28-83-59(93)21-22-60(83)94)19-15-17-27-73-56(90)37-78-65(99)51(42-105-109-69(7,8)9)81-58(92)39-79-66(100)52(43-106-110-70(10,11)12)80-57(91)38-75-55(89)25-30-102-14/h21-22,44-46,50-52H,15-20,23-43H2,1-14H3,(H2,71,95)(H,72,87)(H,73,90)(H,74,88)(H,75,89)(H,76,97)(H,77,96)(H,78,99)(H,79,100)(H,80,91)(H,81,92)(H,82,98)/t44-,45+,46+,50+,51+,52+/m1/s1. The van der Waals surface area contributed by atoms with E-state index in [1.54, 1.807) is 0 Å². The molecule has 1 rings (SSSR count). The highest BCUT2D eigenvalue weighted by atomic mass is 33.1. The number of nitrogens with zero attached hydrogens (tertiary/aromatic N) is 1. The molecule has 13 N–H and O–H groups in total. The summed E-state index contributed by atoms with van der Waals surface area (Å²) in [5.41, 5.74) is 5.77. The maximum atomic E-state index is 14.2. The van der Waals surface area contributed by atoms with Crippen molar-refractivity contribution in [1.82, 2.24) is 63.4 Å². The van der Waals surface area contributed by atoms with E-state index in [0.29, 0.717) is 6.42 Å². The van der Waals surface area contributed by atoms with Gasteiger partial charge in [-0.25, -0.2) is 0 Å². The Morgan fingerprint density at radius 3 is 1.14 bits per heavy atom. The van der Waals surface area contributed by atoms with Gasteiger partial charge in [0.15, 0.2) is 17.3 Å². The topological polar surface area (TPSA) is 470 Å². The van der Waals surface area contributed by atoms with E-state index in [1.165, 1.54) is 101 Å². The van der Waals surface area contributed by atoms with Gasteiger partial charge in [0.25, 0.3) is 11.8 Å². The molecule has 0 saturated carbocycles. The first kappa shape index (κ1) is 102. The van der Waals surface area contributed by atoms with E-state index in [9.17, 15) is 81.5 Å². The Hall–Kier alpha value is -5.75. The predicted molar refractivity (Wildman–Crippen MR) is 439 cm³/mol. The third kappa shape index (κ3) is 51.8. The van der Waals surface area contributed by atoms with Crippen molar-refractivity contribution >= 4 is 186 Å². The maximum absolute atomic E-state index is 14.2. The Morgan fingerprint density at radius 2 is 0.727 bits per heavy atom. The van der Waals surface area contributed by atoms with Gasteiger partial charge in [-0.1, -0.05) is 176 Å². The Bertz CT molecular complexity index is 3090. The fourth-order valence-corrected chi connectivity index (χ4v) is 19.2.